The summed E-state index contributed by atoms with van der Waals surface area (Å²) < 4.78 is 31.2. The summed E-state index contributed by atoms with van der Waals surface area (Å²) in [5.41, 5.74) is 1.63. The van der Waals surface area contributed by atoms with Crippen molar-refractivity contribution in [3.63, 3.8) is 0 Å². The van der Waals surface area contributed by atoms with Gasteiger partial charge in [0.2, 0.25) is 0 Å². The van der Waals surface area contributed by atoms with E-state index in [0.717, 1.165) is 42.9 Å². The summed E-state index contributed by atoms with van der Waals surface area (Å²) >= 11 is 0. The van der Waals surface area contributed by atoms with Gasteiger partial charge in [-0.2, -0.15) is 0 Å². The zero-order valence-electron chi connectivity index (χ0n) is 29.9. The first kappa shape index (κ1) is 38.1. The highest BCUT2D eigenvalue weighted by Crippen LogP contribution is 2.39. The van der Waals surface area contributed by atoms with Crippen LogP contribution in [0.2, 0.25) is 18.1 Å². The molecule has 1 aliphatic heterocycles. The number of unbranched alkanes of at least 4 members (excludes halogenated alkanes) is 8. The lowest BCUT2D eigenvalue weighted by molar-refractivity contribution is -0.137. The van der Waals surface area contributed by atoms with Crippen LogP contribution in [0, 0.1) is 0 Å². The van der Waals surface area contributed by atoms with Gasteiger partial charge >= 0.3 is 5.97 Å². The van der Waals surface area contributed by atoms with E-state index in [1.807, 2.05) is 24.3 Å². The van der Waals surface area contributed by atoms with E-state index in [0.29, 0.717) is 25.2 Å². The van der Waals surface area contributed by atoms with Gasteiger partial charge in [0.1, 0.15) is 23.7 Å². The average Bonchev–Trinajstić information content (AvgIpc) is 3.04. The number of hydrogen-bond donors (Lipinski definition) is 0. The maximum atomic E-state index is 13.3. The molecule has 1 fully saturated rings. The molecular weight excluding hydrogens is 593 g/mol. The molecule has 2 aromatic carbocycles. The van der Waals surface area contributed by atoms with E-state index in [2.05, 4.69) is 59.8 Å². The van der Waals surface area contributed by atoms with Crippen molar-refractivity contribution in [3.05, 3.63) is 59.7 Å². The lowest BCUT2D eigenvalue weighted by Crippen LogP contribution is -2.47. The molecule has 0 saturated carbocycles. The third-order valence-corrected chi connectivity index (χ3v) is 14.0. The van der Waals surface area contributed by atoms with Crippen LogP contribution in [-0.4, -0.2) is 46.3 Å². The quantitative estimate of drug-likeness (QED) is 0.0804. The maximum absolute atomic E-state index is 13.3. The fourth-order valence-electron chi connectivity index (χ4n) is 5.36. The van der Waals surface area contributed by atoms with Crippen molar-refractivity contribution in [2.24, 2.45) is 0 Å². The van der Waals surface area contributed by atoms with Crippen LogP contribution in [0.5, 0.6) is 11.5 Å². The molecule has 0 aliphatic carbocycles. The smallest absolute Gasteiger partial charge is 0.338 e. The molecule has 3 rings (SSSR count). The van der Waals surface area contributed by atoms with E-state index in [1.54, 1.807) is 12.1 Å². The van der Waals surface area contributed by atoms with Gasteiger partial charge in [0.15, 0.2) is 8.32 Å². The average molecular weight is 655 g/mol. The molecule has 1 heterocycles. The number of benzene rings is 2. The summed E-state index contributed by atoms with van der Waals surface area (Å²) in [6.45, 7) is 17.5. The Morgan fingerprint density at radius 3 is 1.85 bits per heavy atom. The molecule has 6 nitrogen and oxygen atoms in total. The van der Waals surface area contributed by atoms with Crippen LogP contribution in [0.25, 0.3) is 0 Å². The zero-order valence-corrected chi connectivity index (χ0v) is 30.9. The Labute approximate surface area is 281 Å². The molecule has 0 amide bonds. The van der Waals surface area contributed by atoms with Gasteiger partial charge in [-0.05, 0) is 85.8 Å². The van der Waals surface area contributed by atoms with E-state index in [4.69, 9.17) is 23.4 Å². The number of carbonyl (C=O) groups excluding carboxylic acids is 1. The lowest BCUT2D eigenvalue weighted by Gasteiger charge is -2.41. The minimum absolute atomic E-state index is 0.0679. The topological polar surface area (TPSA) is 63.2 Å². The van der Waals surface area contributed by atoms with Crippen LogP contribution >= 0.6 is 0 Å². The first-order valence-electron chi connectivity index (χ1n) is 18.0. The predicted octanol–water partition coefficient (Wildman–Crippen LogP) is 10.9. The van der Waals surface area contributed by atoms with E-state index >= 15 is 0 Å². The number of ether oxygens (including phenoxy) is 4. The molecule has 0 aromatic heterocycles. The van der Waals surface area contributed by atoms with Crippen molar-refractivity contribution in [1.29, 1.82) is 0 Å². The highest BCUT2D eigenvalue weighted by Gasteiger charge is 2.41. The Morgan fingerprint density at radius 1 is 0.761 bits per heavy atom. The first-order valence-corrected chi connectivity index (χ1v) is 20.9. The fourth-order valence-corrected chi connectivity index (χ4v) is 6.38. The Balaban J connectivity index is 1.59. The van der Waals surface area contributed by atoms with Crippen molar-refractivity contribution in [2.75, 3.05) is 19.8 Å². The molecule has 7 heteroatoms. The van der Waals surface area contributed by atoms with Crippen LogP contribution in [0.1, 0.15) is 134 Å². The summed E-state index contributed by atoms with van der Waals surface area (Å²) in [4.78, 5) is 13.3. The van der Waals surface area contributed by atoms with E-state index in [-0.39, 0.29) is 29.3 Å². The van der Waals surface area contributed by atoms with Crippen molar-refractivity contribution >= 4 is 14.3 Å². The summed E-state index contributed by atoms with van der Waals surface area (Å²) in [7, 11) is -2.03. The molecule has 0 spiro atoms. The highest BCUT2D eigenvalue weighted by atomic mass is 28.4. The SMILES string of the molecule is CCCCCCCCOc1ccc(C(=O)O[C@H]2CC[C@@H](c3ccc(OCCCCCC)cc3)O[C@@H]2CO[Si](C)(C)C(C)(C)C)cc1. The Morgan fingerprint density at radius 2 is 1.28 bits per heavy atom. The number of rotatable bonds is 20. The van der Waals surface area contributed by atoms with Gasteiger partial charge in [-0.1, -0.05) is 98.1 Å². The molecule has 0 bridgehead atoms. The fraction of sp³-hybridized carbons (Fsp3) is 0.667. The molecule has 0 unspecified atom stereocenters. The number of hydrogen-bond acceptors (Lipinski definition) is 6. The number of carbonyl (C=O) groups is 1. The Hall–Kier alpha value is -2.35. The van der Waals surface area contributed by atoms with Gasteiger partial charge in [-0.3, -0.25) is 0 Å². The largest absolute Gasteiger partial charge is 0.494 e. The molecule has 2 aromatic rings. The molecule has 0 radical (unpaired) electrons. The van der Waals surface area contributed by atoms with Crippen LogP contribution < -0.4 is 9.47 Å². The third kappa shape index (κ3) is 12.7. The van der Waals surface area contributed by atoms with Gasteiger partial charge in [-0.25, -0.2) is 4.79 Å². The second-order valence-corrected chi connectivity index (χ2v) is 19.2. The molecule has 1 aliphatic rings. The highest BCUT2D eigenvalue weighted by molar-refractivity contribution is 6.74. The maximum Gasteiger partial charge on any atom is 0.338 e. The summed E-state index contributed by atoms with van der Waals surface area (Å²) in [5.74, 6) is 1.33. The van der Waals surface area contributed by atoms with Gasteiger partial charge in [0.25, 0.3) is 0 Å². The van der Waals surface area contributed by atoms with Crippen LogP contribution in [0.15, 0.2) is 48.5 Å². The zero-order chi connectivity index (χ0) is 33.4. The van der Waals surface area contributed by atoms with Crippen molar-refractivity contribution in [3.8, 4) is 11.5 Å². The van der Waals surface area contributed by atoms with Crippen LogP contribution in [0.3, 0.4) is 0 Å². The minimum atomic E-state index is -2.03. The lowest BCUT2D eigenvalue weighted by atomic mass is 9.96. The molecule has 46 heavy (non-hydrogen) atoms. The second-order valence-electron chi connectivity index (χ2n) is 14.4. The van der Waals surface area contributed by atoms with Crippen molar-refractivity contribution < 1.29 is 28.2 Å². The van der Waals surface area contributed by atoms with E-state index in [9.17, 15) is 4.79 Å². The predicted molar refractivity (Wildman–Crippen MR) is 191 cm³/mol. The van der Waals surface area contributed by atoms with Gasteiger partial charge in [0, 0.05) is 0 Å². The molecular formula is C39H62O6Si. The first-order chi connectivity index (χ1) is 22.0. The normalized spacial score (nSPS) is 18.7. The monoisotopic (exact) mass is 654 g/mol. The molecule has 1 saturated heterocycles. The Bertz CT molecular complexity index is 1120. The minimum Gasteiger partial charge on any atom is -0.494 e. The van der Waals surface area contributed by atoms with Gasteiger partial charge in [-0.15, -0.1) is 0 Å². The molecule has 258 valence electrons. The standard InChI is InChI=1S/C39H62O6Si/c1-8-10-12-14-15-17-29-42-34-24-20-32(21-25-34)38(40)45-36-27-26-35(44-37(36)30-43-46(6,7)39(3,4)5)31-18-22-33(23-19-31)41-28-16-13-11-9-2/h18-25,35-37H,8-17,26-30H2,1-7H3/t35-,36-,37+/m0/s1. The van der Waals surface area contributed by atoms with Crippen LogP contribution in [-0.2, 0) is 13.9 Å². The molecule has 3 atom stereocenters. The van der Waals surface area contributed by atoms with E-state index < -0.39 is 8.32 Å². The summed E-state index contributed by atoms with van der Waals surface area (Å²) in [6, 6.07) is 15.6. The van der Waals surface area contributed by atoms with Crippen LogP contribution in [0.4, 0.5) is 0 Å². The van der Waals surface area contributed by atoms with Gasteiger partial charge in [0.05, 0.1) is 31.5 Å². The third-order valence-electron chi connectivity index (χ3n) is 9.52. The molecule has 0 N–H and O–H groups in total. The second kappa shape index (κ2) is 19.5. The Kier molecular flexibility index (Phi) is 16.1. The van der Waals surface area contributed by atoms with Gasteiger partial charge < -0.3 is 23.4 Å². The van der Waals surface area contributed by atoms with Crippen molar-refractivity contribution in [1.82, 2.24) is 0 Å². The van der Waals surface area contributed by atoms with E-state index in [1.165, 1.54) is 51.4 Å². The summed E-state index contributed by atoms with van der Waals surface area (Å²) in [5, 5.41) is 0.0679. The van der Waals surface area contributed by atoms with Crippen molar-refractivity contribution in [2.45, 2.75) is 148 Å². The summed E-state index contributed by atoms with van der Waals surface area (Å²) in [6.07, 6.45) is 12.7. The number of esters is 1.